The fourth-order valence-electron chi connectivity index (χ4n) is 7.61. The Labute approximate surface area is 254 Å². The molecule has 1 N–H and O–H groups in total. The first kappa shape index (κ1) is 25.8. The van der Waals surface area contributed by atoms with E-state index in [9.17, 15) is 0 Å². The maximum absolute atomic E-state index is 3.79. The van der Waals surface area contributed by atoms with E-state index in [0.29, 0.717) is 0 Å². The smallest absolute Gasteiger partial charge is 0.0387 e. The minimum atomic E-state index is -0.0808. The van der Waals surface area contributed by atoms with Gasteiger partial charge in [-0.3, -0.25) is 0 Å². The van der Waals surface area contributed by atoms with Gasteiger partial charge in [-0.2, -0.15) is 0 Å². The third-order valence-electron chi connectivity index (χ3n) is 9.86. The topological polar surface area (TPSA) is 12.0 Å². The maximum atomic E-state index is 3.79. The van der Waals surface area contributed by atoms with Crippen molar-refractivity contribution >= 4 is 11.4 Å². The second-order valence-electron chi connectivity index (χ2n) is 13.1. The van der Waals surface area contributed by atoms with Gasteiger partial charge in [-0.05, 0) is 91.0 Å². The van der Waals surface area contributed by atoms with Gasteiger partial charge in [0.1, 0.15) is 0 Å². The van der Waals surface area contributed by atoms with Crippen LogP contribution < -0.4 is 5.32 Å². The average molecular weight is 554 g/mol. The van der Waals surface area contributed by atoms with Crippen LogP contribution in [0.2, 0.25) is 0 Å². The lowest BCUT2D eigenvalue weighted by Gasteiger charge is -2.23. The molecule has 8 rings (SSSR count). The fourth-order valence-corrected chi connectivity index (χ4v) is 7.61. The number of nitrogens with one attached hydrogen (secondary N) is 1. The van der Waals surface area contributed by atoms with Gasteiger partial charge in [0.15, 0.2) is 0 Å². The average Bonchev–Trinajstić information content (AvgIpc) is 3.41. The van der Waals surface area contributed by atoms with Crippen LogP contribution in [-0.2, 0) is 10.8 Å². The quantitative estimate of drug-likeness (QED) is 0.229. The number of anilines is 2. The molecule has 0 heterocycles. The van der Waals surface area contributed by atoms with Gasteiger partial charge in [0.05, 0.1) is 0 Å². The summed E-state index contributed by atoms with van der Waals surface area (Å²) in [4.78, 5) is 0. The van der Waals surface area contributed by atoms with Crippen molar-refractivity contribution in [1.29, 1.82) is 0 Å². The Balaban J connectivity index is 1.18. The van der Waals surface area contributed by atoms with Gasteiger partial charge in [-0.1, -0.05) is 137 Å². The van der Waals surface area contributed by atoms with Crippen molar-refractivity contribution in [3.63, 3.8) is 0 Å². The van der Waals surface area contributed by atoms with Gasteiger partial charge < -0.3 is 5.32 Å². The number of hydrogen-bond donors (Lipinski definition) is 1. The molecule has 2 aliphatic carbocycles. The molecule has 0 unspecified atom stereocenters. The summed E-state index contributed by atoms with van der Waals surface area (Å²) in [7, 11) is 0. The zero-order valence-electron chi connectivity index (χ0n) is 25.2. The van der Waals surface area contributed by atoms with Crippen LogP contribution in [0.15, 0.2) is 133 Å². The molecule has 2 aliphatic rings. The number of benzene rings is 6. The van der Waals surface area contributed by atoms with E-state index >= 15 is 0 Å². The summed E-state index contributed by atoms with van der Waals surface area (Å²) >= 11 is 0. The number of hydrogen-bond acceptors (Lipinski definition) is 1. The summed E-state index contributed by atoms with van der Waals surface area (Å²) < 4.78 is 0. The van der Waals surface area contributed by atoms with E-state index < -0.39 is 0 Å². The number of fused-ring (bicyclic) bond motifs is 6. The fraction of sp³-hybridized carbons (Fsp3) is 0.143. The summed E-state index contributed by atoms with van der Waals surface area (Å²) in [5.41, 5.74) is 18.2. The van der Waals surface area contributed by atoms with Crippen LogP contribution in [0, 0.1) is 0 Å². The highest BCUT2D eigenvalue weighted by Gasteiger charge is 2.38. The van der Waals surface area contributed by atoms with Crippen molar-refractivity contribution in [3.8, 4) is 44.5 Å². The Bertz CT molecular complexity index is 1880. The zero-order valence-corrected chi connectivity index (χ0v) is 25.2. The standard InChI is InChI=1S/C42H35N/c1-41(2)35-19-11-17-31(27-13-7-5-8-14-27)39(35)33-23-21-29(25-37(33)41)43-30-22-24-34-38(26-30)42(3,4)36-20-12-18-32(40(34)36)28-15-9-6-10-16-28/h5-26,43H,1-4H3. The molecule has 0 fully saturated rings. The van der Waals surface area contributed by atoms with Crippen LogP contribution >= 0.6 is 0 Å². The van der Waals surface area contributed by atoms with E-state index in [-0.39, 0.29) is 10.8 Å². The molecule has 0 amide bonds. The molecule has 208 valence electrons. The Morgan fingerprint density at radius 3 is 1.21 bits per heavy atom. The van der Waals surface area contributed by atoms with Crippen LogP contribution in [0.25, 0.3) is 44.5 Å². The second-order valence-corrected chi connectivity index (χ2v) is 13.1. The van der Waals surface area contributed by atoms with Crippen molar-refractivity contribution < 1.29 is 0 Å². The van der Waals surface area contributed by atoms with Crippen molar-refractivity contribution in [2.45, 2.75) is 38.5 Å². The van der Waals surface area contributed by atoms with Gasteiger partial charge >= 0.3 is 0 Å². The first-order valence-corrected chi connectivity index (χ1v) is 15.3. The molecule has 43 heavy (non-hydrogen) atoms. The highest BCUT2D eigenvalue weighted by Crippen LogP contribution is 2.54. The Hall–Kier alpha value is -4.88. The number of rotatable bonds is 4. The summed E-state index contributed by atoms with van der Waals surface area (Å²) in [6.07, 6.45) is 0. The molecule has 6 aromatic rings. The van der Waals surface area contributed by atoms with Crippen LogP contribution in [0.3, 0.4) is 0 Å². The second kappa shape index (κ2) is 9.31. The lowest BCUT2D eigenvalue weighted by atomic mass is 9.81. The van der Waals surface area contributed by atoms with E-state index in [0.717, 1.165) is 11.4 Å². The lowest BCUT2D eigenvalue weighted by Crippen LogP contribution is -2.15. The van der Waals surface area contributed by atoms with E-state index in [1.165, 1.54) is 66.8 Å². The van der Waals surface area contributed by atoms with E-state index in [2.05, 4.69) is 166 Å². The SMILES string of the molecule is CC1(C)c2cc(Nc3ccc4c(c3)C(C)(C)c3cccc(-c5ccccc5)c3-4)ccc2-c2c(-c3ccccc3)cccc21. The van der Waals surface area contributed by atoms with Gasteiger partial charge in [0, 0.05) is 22.2 Å². The Kier molecular flexibility index (Phi) is 5.59. The molecule has 1 heteroatoms. The minimum Gasteiger partial charge on any atom is -0.356 e. The largest absolute Gasteiger partial charge is 0.356 e. The highest BCUT2D eigenvalue weighted by atomic mass is 14.9. The first-order chi connectivity index (χ1) is 20.8. The molecule has 0 bridgehead atoms. The minimum absolute atomic E-state index is 0.0808. The zero-order chi connectivity index (χ0) is 29.3. The van der Waals surface area contributed by atoms with Crippen molar-refractivity contribution in [2.24, 2.45) is 0 Å². The molecule has 6 aromatic carbocycles. The molecular formula is C42H35N. The van der Waals surface area contributed by atoms with Crippen molar-refractivity contribution in [3.05, 3.63) is 156 Å². The molecular weight excluding hydrogens is 518 g/mol. The highest BCUT2D eigenvalue weighted by molar-refractivity contribution is 5.95. The van der Waals surface area contributed by atoms with Crippen molar-refractivity contribution in [1.82, 2.24) is 0 Å². The molecule has 0 saturated carbocycles. The molecule has 1 nitrogen and oxygen atoms in total. The monoisotopic (exact) mass is 553 g/mol. The van der Waals surface area contributed by atoms with Gasteiger partial charge in [0.25, 0.3) is 0 Å². The predicted molar refractivity (Wildman–Crippen MR) is 182 cm³/mol. The summed E-state index contributed by atoms with van der Waals surface area (Å²) in [5.74, 6) is 0. The normalized spacial score (nSPS) is 14.9. The van der Waals surface area contributed by atoms with Crippen molar-refractivity contribution in [2.75, 3.05) is 5.32 Å². The van der Waals surface area contributed by atoms with Gasteiger partial charge in [0.2, 0.25) is 0 Å². The summed E-state index contributed by atoms with van der Waals surface area (Å²) in [5, 5.41) is 3.79. The Morgan fingerprint density at radius 2 is 0.791 bits per heavy atom. The van der Waals surface area contributed by atoms with E-state index in [4.69, 9.17) is 0 Å². The van der Waals surface area contributed by atoms with Gasteiger partial charge in [-0.25, -0.2) is 0 Å². The first-order valence-electron chi connectivity index (χ1n) is 15.3. The van der Waals surface area contributed by atoms with Crippen LogP contribution in [0.5, 0.6) is 0 Å². The molecule has 0 spiro atoms. The lowest BCUT2D eigenvalue weighted by molar-refractivity contribution is 0.660. The van der Waals surface area contributed by atoms with Gasteiger partial charge in [-0.15, -0.1) is 0 Å². The third kappa shape index (κ3) is 3.85. The molecule has 0 aromatic heterocycles. The van der Waals surface area contributed by atoms with Crippen LogP contribution in [0.4, 0.5) is 11.4 Å². The molecule has 0 saturated heterocycles. The predicted octanol–water partition coefficient (Wildman–Crippen LogP) is 11.4. The van der Waals surface area contributed by atoms with Crippen LogP contribution in [0.1, 0.15) is 49.9 Å². The molecule has 0 aliphatic heterocycles. The third-order valence-corrected chi connectivity index (χ3v) is 9.86. The molecule has 0 atom stereocenters. The summed E-state index contributed by atoms with van der Waals surface area (Å²) in [6.45, 7) is 9.43. The van der Waals surface area contributed by atoms with E-state index in [1.54, 1.807) is 0 Å². The van der Waals surface area contributed by atoms with E-state index in [1.807, 2.05) is 0 Å². The van der Waals surface area contributed by atoms with Crippen LogP contribution in [-0.4, -0.2) is 0 Å². The molecule has 0 radical (unpaired) electrons. The maximum Gasteiger partial charge on any atom is 0.0387 e. The Morgan fingerprint density at radius 1 is 0.372 bits per heavy atom. The summed E-state index contributed by atoms with van der Waals surface area (Å²) in [6, 6.07) is 48.9.